The van der Waals surface area contributed by atoms with Gasteiger partial charge >= 0.3 is 0 Å². The number of nitrogens with zero attached hydrogens (tertiary/aromatic N) is 5. The van der Waals surface area contributed by atoms with Crippen molar-refractivity contribution < 1.29 is 9.53 Å². The predicted octanol–water partition coefficient (Wildman–Crippen LogP) is 2.87. The molecule has 1 aliphatic rings. The largest absolute Gasteiger partial charge is 0.486 e. The lowest BCUT2D eigenvalue weighted by atomic mass is 10.1. The lowest BCUT2D eigenvalue weighted by Crippen LogP contribution is -2.32. The van der Waals surface area contributed by atoms with Gasteiger partial charge in [0.1, 0.15) is 30.5 Å². The van der Waals surface area contributed by atoms with Crippen molar-refractivity contribution in [3.05, 3.63) is 58.4 Å². The second-order valence-electron chi connectivity index (χ2n) is 7.23. The molecule has 8 nitrogen and oxygen atoms in total. The number of likely N-dealkylation sites (tertiary alicyclic amines) is 1. The first-order valence-corrected chi connectivity index (χ1v) is 9.94. The molecule has 4 rings (SSSR count). The Morgan fingerprint density at radius 2 is 2.17 bits per heavy atom. The summed E-state index contributed by atoms with van der Waals surface area (Å²) in [5, 5.41) is 12.3. The monoisotopic (exact) mass is 414 g/mol. The third kappa shape index (κ3) is 4.42. The zero-order valence-electron chi connectivity index (χ0n) is 16.4. The third-order valence-corrected chi connectivity index (χ3v) is 5.39. The maximum atomic E-state index is 12.6. The van der Waals surface area contributed by atoms with Crippen molar-refractivity contribution in [3.8, 4) is 5.75 Å². The highest BCUT2D eigenvalue weighted by atomic mass is 35.5. The number of amides is 1. The molecule has 2 aromatic heterocycles. The Morgan fingerprint density at radius 3 is 2.93 bits per heavy atom. The van der Waals surface area contributed by atoms with E-state index in [1.807, 2.05) is 43.0 Å². The molecule has 29 heavy (non-hydrogen) atoms. The number of hydrogen-bond donors (Lipinski definition) is 1. The van der Waals surface area contributed by atoms with Crippen LogP contribution in [0.15, 0.2) is 30.3 Å². The van der Waals surface area contributed by atoms with Gasteiger partial charge in [-0.25, -0.2) is 9.67 Å². The van der Waals surface area contributed by atoms with Crippen molar-refractivity contribution in [3.63, 3.8) is 0 Å². The van der Waals surface area contributed by atoms with Gasteiger partial charge in [0.25, 0.3) is 0 Å². The molecule has 152 valence electrons. The van der Waals surface area contributed by atoms with Crippen LogP contribution in [0.2, 0.25) is 5.02 Å². The summed E-state index contributed by atoms with van der Waals surface area (Å²) in [4.78, 5) is 18.7. The Hall–Kier alpha value is -2.87. The number of para-hydroxylation sites is 1. The number of aryl methyl sites for hydroxylation is 2. The molecular weight excluding hydrogens is 392 g/mol. The van der Waals surface area contributed by atoms with Crippen LogP contribution in [0.3, 0.4) is 0 Å². The number of aromatic amines is 1. The summed E-state index contributed by atoms with van der Waals surface area (Å²) in [6, 6.07) is 9.37. The van der Waals surface area contributed by atoms with Crippen molar-refractivity contribution in [2.45, 2.75) is 39.3 Å². The van der Waals surface area contributed by atoms with Crippen LogP contribution in [0, 0.1) is 13.8 Å². The topological polar surface area (TPSA) is 88.9 Å². The van der Waals surface area contributed by atoms with Gasteiger partial charge in [0.05, 0.1) is 16.4 Å². The van der Waals surface area contributed by atoms with E-state index in [9.17, 15) is 4.79 Å². The Labute approximate surface area is 173 Å². The highest BCUT2D eigenvalue weighted by Gasteiger charge is 2.29. The molecule has 0 saturated carbocycles. The molecule has 3 aromatic rings. The number of nitrogens with one attached hydrogen (secondary N) is 1. The van der Waals surface area contributed by atoms with Crippen LogP contribution in [0.4, 0.5) is 0 Å². The van der Waals surface area contributed by atoms with Crippen LogP contribution in [-0.4, -0.2) is 48.9 Å². The molecule has 1 amide bonds. The maximum absolute atomic E-state index is 12.6. The second kappa shape index (κ2) is 8.24. The SMILES string of the molecule is Cc1nc(C)n(CC(=O)N2CC[C@H](c3cc(COc4ccccc4Cl)[nH]n3)C2)n1. The number of benzene rings is 1. The lowest BCUT2D eigenvalue weighted by molar-refractivity contribution is -0.131. The van der Waals surface area contributed by atoms with E-state index in [4.69, 9.17) is 16.3 Å². The van der Waals surface area contributed by atoms with Crippen LogP contribution in [0.5, 0.6) is 5.75 Å². The van der Waals surface area contributed by atoms with Crippen LogP contribution in [0.1, 0.15) is 35.4 Å². The molecule has 3 heterocycles. The van der Waals surface area contributed by atoms with Crippen LogP contribution < -0.4 is 4.74 Å². The van der Waals surface area contributed by atoms with E-state index in [2.05, 4.69) is 20.3 Å². The number of carbonyl (C=O) groups excluding carboxylic acids is 1. The van der Waals surface area contributed by atoms with Crippen LogP contribution in [0.25, 0.3) is 0 Å². The van der Waals surface area contributed by atoms with Gasteiger partial charge in [-0.2, -0.15) is 10.2 Å². The summed E-state index contributed by atoms with van der Waals surface area (Å²) in [5.74, 6) is 2.34. The van der Waals surface area contributed by atoms with Crippen molar-refractivity contribution in [1.29, 1.82) is 0 Å². The lowest BCUT2D eigenvalue weighted by Gasteiger charge is -2.16. The Bertz CT molecular complexity index is 1010. The molecular formula is C20H23ClN6O2. The normalized spacial score (nSPS) is 16.4. The van der Waals surface area contributed by atoms with Gasteiger partial charge in [0.2, 0.25) is 5.91 Å². The summed E-state index contributed by atoms with van der Waals surface area (Å²) < 4.78 is 7.41. The van der Waals surface area contributed by atoms with E-state index in [0.717, 1.165) is 23.6 Å². The van der Waals surface area contributed by atoms with E-state index in [0.29, 0.717) is 36.3 Å². The molecule has 1 aliphatic heterocycles. The Kier molecular flexibility index (Phi) is 5.53. The van der Waals surface area contributed by atoms with Crippen LogP contribution >= 0.6 is 11.6 Å². The number of halogens is 1. The van der Waals surface area contributed by atoms with Crippen molar-refractivity contribution >= 4 is 17.5 Å². The molecule has 0 aliphatic carbocycles. The Balaban J connectivity index is 1.33. The molecule has 1 atom stereocenters. The van der Waals surface area contributed by atoms with Gasteiger partial charge in [-0.1, -0.05) is 23.7 Å². The van der Waals surface area contributed by atoms with E-state index in [1.54, 1.807) is 10.7 Å². The van der Waals surface area contributed by atoms with Gasteiger partial charge in [0, 0.05) is 19.0 Å². The van der Waals surface area contributed by atoms with E-state index >= 15 is 0 Å². The van der Waals surface area contributed by atoms with E-state index < -0.39 is 0 Å². The fourth-order valence-corrected chi connectivity index (χ4v) is 3.74. The number of hydrogen-bond acceptors (Lipinski definition) is 5. The van der Waals surface area contributed by atoms with Gasteiger partial charge in [-0.05, 0) is 38.5 Å². The average molecular weight is 415 g/mol. The van der Waals surface area contributed by atoms with Crippen molar-refractivity contribution in [2.24, 2.45) is 0 Å². The molecule has 1 aromatic carbocycles. The Morgan fingerprint density at radius 1 is 1.34 bits per heavy atom. The molecule has 0 unspecified atom stereocenters. The molecule has 1 saturated heterocycles. The highest BCUT2D eigenvalue weighted by Crippen LogP contribution is 2.27. The minimum Gasteiger partial charge on any atom is -0.486 e. The standard InChI is InChI=1S/C20H23ClN6O2/c1-13-22-14(2)27(25-13)11-20(28)26-8-7-15(10-26)18-9-16(23-24-18)12-29-19-6-4-3-5-17(19)21/h3-6,9,15H,7-8,10-12H2,1-2H3,(H,23,24)/t15-/m0/s1. The average Bonchev–Trinajstić information content (AvgIpc) is 3.41. The fraction of sp³-hybridized carbons (Fsp3) is 0.400. The first kappa shape index (κ1) is 19.4. The summed E-state index contributed by atoms with van der Waals surface area (Å²) >= 11 is 6.12. The third-order valence-electron chi connectivity index (χ3n) is 5.08. The maximum Gasteiger partial charge on any atom is 0.244 e. The van der Waals surface area contributed by atoms with Crippen molar-refractivity contribution in [1.82, 2.24) is 29.9 Å². The molecule has 0 spiro atoms. The van der Waals surface area contributed by atoms with Gasteiger partial charge in [-0.3, -0.25) is 9.89 Å². The number of rotatable bonds is 6. The molecule has 1 fully saturated rings. The molecule has 1 N–H and O–H groups in total. The van der Waals surface area contributed by atoms with Gasteiger partial charge in [0.15, 0.2) is 0 Å². The quantitative estimate of drug-likeness (QED) is 0.670. The smallest absolute Gasteiger partial charge is 0.244 e. The number of carbonyl (C=O) groups is 1. The fourth-order valence-electron chi connectivity index (χ4n) is 3.55. The van der Waals surface area contributed by atoms with E-state index in [1.165, 1.54) is 0 Å². The van der Waals surface area contributed by atoms with Crippen molar-refractivity contribution in [2.75, 3.05) is 13.1 Å². The van der Waals surface area contributed by atoms with Crippen LogP contribution in [-0.2, 0) is 17.9 Å². The summed E-state index contributed by atoms with van der Waals surface area (Å²) in [7, 11) is 0. The number of aromatic nitrogens is 5. The molecule has 0 radical (unpaired) electrons. The van der Waals surface area contributed by atoms with Gasteiger partial charge < -0.3 is 9.64 Å². The predicted molar refractivity (Wildman–Crippen MR) is 108 cm³/mol. The summed E-state index contributed by atoms with van der Waals surface area (Å²) in [6.07, 6.45) is 0.886. The molecule has 9 heteroatoms. The number of H-pyrrole nitrogens is 1. The first-order chi connectivity index (χ1) is 14.0. The zero-order chi connectivity index (χ0) is 20.4. The van der Waals surface area contributed by atoms with E-state index in [-0.39, 0.29) is 18.4 Å². The number of ether oxygens (including phenoxy) is 1. The second-order valence-corrected chi connectivity index (χ2v) is 7.63. The van der Waals surface area contributed by atoms with Gasteiger partial charge in [-0.15, -0.1) is 0 Å². The highest BCUT2D eigenvalue weighted by molar-refractivity contribution is 6.32. The molecule has 0 bridgehead atoms. The minimum atomic E-state index is 0.0540. The minimum absolute atomic E-state index is 0.0540. The zero-order valence-corrected chi connectivity index (χ0v) is 17.2. The first-order valence-electron chi connectivity index (χ1n) is 9.57. The summed E-state index contributed by atoms with van der Waals surface area (Å²) in [5.41, 5.74) is 1.82. The summed E-state index contributed by atoms with van der Waals surface area (Å²) in [6.45, 7) is 5.63.